The van der Waals surface area contributed by atoms with E-state index in [2.05, 4.69) is 55.8 Å². The van der Waals surface area contributed by atoms with Crippen molar-refractivity contribution in [2.75, 3.05) is 39.8 Å². The number of hydrogen-bond acceptors (Lipinski definition) is 4. The number of ether oxygens (including phenoxy) is 1. The number of fused-ring (bicyclic) bond motifs is 1. The van der Waals surface area contributed by atoms with Crippen LogP contribution in [0, 0.1) is 0 Å². The summed E-state index contributed by atoms with van der Waals surface area (Å²) in [6.45, 7) is 4.93. The van der Waals surface area contributed by atoms with Crippen molar-refractivity contribution in [1.82, 2.24) is 20.4 Å². The summed E-state index contributed by atoms with van der Waals surface area (Å²) in [5.74, 6) is 0.691. The van der Waals surface area contributed by atoms with Crippen LogP contribution < -0.4 is 10.6 Å². The molecule has 0 bridgehead atoms. The predicted octanol–water partition coefficient (Wildman–Crippen LogP) is 2.08. The standard InChI is InChI=1S/C24H31N5O2.HI/c1-25-24(27-15-23(30)26-14-19-8-4-2-5-9-19)29-17-21-22(18-29)31-13-12-28(21)16-20-10-6-3-7-11-20;/h2-11,21-22H,12-18H2,1H3,(H,25,27)(H,26,30);1H. The van der Waals surface area contributed by atoms with Gasteiger partial charge in [-0.3, -0.25) is 14.7 Å². The Kier molecular flexibility index (Phi) is 9.31. The van der Waals surface area contributed by atoms with Gasteiger partial charge in [0.1, 0.15) is 0 Å². The third-order valence-electron chi connectivity index (χ3n) is 5.90. The molecule has 32 heavy (non-hydrogen) atoms. The van der Waals surface area contributed by atoms with E-state index in [1.807, 2.05) is 30.3 Å². The Hall–Kier alpha value is -2.17. The quantitative estimate of drug-likeness (QED) is 0.328. The van der Waals surface area contributed by atoms with E-state index in [1.54, 1.807) is 7.05 Å². The van der Waals surface area contributed by atoms with Gasteiger partial charge in [-0.15, -0.1) is 24.0 Å². The van der Waals surface area contributed by atoms with E-state index in [4.69, 9.17) is 4.74 Å². The second kappa shape index (κ2) is 12.2. The van der Waals surface area contributed by atoms with Gasteiger partial charge in [0, 0.05) is 39.8 Å². The third kappa shape index (κ3) is 6.43. The Morgan fingerprint density at radius 3 is 2.41 bits per heavy atom. The summed E-state index contributed by atoms with van der Waals surface area (Å²) < 4.78 is 6.06. The van der Waals surface area contributed by atoms with Crippen molar-refractivity contribution in [2.24, 2.45) is 4.99 Å². The minimum absolute atomic E-state index is 0. The lowest BCUT2D eigenvalue weighted by Crippen LogP contribution is -2.50. The number of carbonyl (C=O) groups is 1. The third-order valence-corrected chi connectivity index (χ3v) is 5.90. The number of morpholine rings is 1. The highest BCUT2D eigenvalue weighted by atomic mass is 127. The lowest BCUT2D eigenvalue weighted by molar-refractivity contribution is -0.120. The van der Waals surface area contributed by atoms with Crippen molar-refractivity contribution in [3.8, 4) is 0 Å². The first-order valence-electron chi connectivity index (χ1n) is 10.9. The summed E-state index contributed by atoms with van der Waals surface area (Å²) >= 11 is 0. The summed E-state index contributed by atoms with van der Waals surface area (Å²) in [4.78, 5) is 21.4. The molecule has 2 aliphatic heterocycles. The molecule has 0 aliphatic carbocycles. The van der Waals surface area contributed by atoms with Gasteiger partial charge in [0.2, 0.25) is 5.91 Å². The smallest absolute Gasteiger partial charge is 0.239 e. The fourth-order valence-electron chi connectivity index (χ4n) is 4.30. The zero-order valence-electron chi connectivity index (χ0n) is 18.4. The number of likely N-dealkylation sites (tertiary alicyclic amines) is 1. The van der Waals surface area contributed by atoms with E-state index in [-0.39, 0.29) is 42.5 Å². The van der Waals surface area contributed by atoms with Crippen LogP contribution >= 0.6 is 24.0 Å². The van der Waals surface area contributed by atoms with Gasteiger partial charge < -0.3 is 20.3 Å². The number of nitrogens with one attached hydrogen (secondary N) is 2. The van der Waals surface area contributed by atoms with Crippen molar-refractivity contribution in [3.63, 3.8) is 0 Å². The lowest BCUT2D eigenvalue weighted by atomic mass is 10.1. The van der Waals surface area contributed by atoms with Gasteiger partial charge in [-0.2, -0.15) is 0 Å². The van der Waals surface area contributed by atoms with E-state index < -0.39 is 0 Å². The monoisotopic (exact) mass is 549 g/mol. The van der Waals surface area contributed by atoms with Crippen LogP contribution in [0.3, 0.4) is 0 Å². The molecule has 2 unspecified atom stereocenters. The molecular weight excluding hydrogens is 517 g/mol. The number of aliphatic imine (C=N–C) groups is 1. The fourth-order valence-corrected chi connectivity index (χ4v) is 4.30. The second-order valence-corrected chi connectivity index (χ2v) is 8.00. The summed E-state index contributed by atoms with van der Waals surface area (Å²) in [6, 6.07) is 20.8. The van der Waals surface area contributed by atoms with Gasteiger partial charge in [-0.05, 0) is 11.1 Å². The van der Waals surface area contributed by atoms with Crippen molar-refractivity contribution < 1.29 is 9.53 Å². The lowest BCUT2D eigenvalue weighted by Gasteiger charge is -2.36. The zero-order valence-corrected chi connectivity index (χ0v) is 20.8. The van der Waals surface area contributed by atoms with E-state index in [9.17, 15) is 4.79 Å². The Balaban J connectivity index is 0.00000289. The van der Waals surface area contributed by atoms with Crippen LogP contribution in [-0.2, 0) is 22.6 Å². The molecule has 2 aliphatic rings. The average molecular weight is 549 g/mol. The highest BCUT2D eigenvalue weighted by Gasteiger charge is 2.41. The summed E-state index contributed by atoms with van der Waals surface area (Å²) in [5.41, 5.74) is 2.40. The van der Waals surface area contributed by atoms with Crippen molar-refractivity contribution in [2.45, 2.75) is 25.2 Å². The molecule has 8 heteroatoms. The number of carbonyl (C=O) groups excluding carboxylic acids is 1. The predicted molar refractivity (Wildman–Crippen MR) is 137 cm³/mol. The summed E-state index contributed by atoms with van der Waals surface area (Å²) in [5, 5.41) is 6.16. The number of rotatable bonds is 6. The van der Waals surface area contributed by atoms with Crippen LogP contribution in [0.25, 0.3) is 0 Å². The Morgan fingerprint density at radius 1 is 1.03 bits per heavy atom. The van der Waals surface area contributed by atoms with Crippen LogP contribution in [0.15, 0.2) is 65.7 Å². The molecule has 2 aromatic carbocycles. The van der Waals surface area contributed by atoms with Crippen LogP contribution in [-0.4, -0.2) is 73.6 Å². The van der Waals surface area contributed by atoms with Gasteiger partial charge in [0.05, 0.1) is 25.3 Å². The molecule has 172 valence electrons. The number of benzene rings is 2. The molecule has 2 aromatic rings. The Labute approximate surface area is 207 Å². The molecule has 2 N–H and O–H groups in total. The van der Waals surface area contributed by atoms with Gasteiger partial charge in [0.25, 0.3) is 0 Å². The first kappa shape index (κ1) is 24.5. The Bertz CT molecular complexity index is 880. The maximum atomic E-state index is 12.3. The SMILES string of the molecule is CN=C(NCC(=O)NCc1ccccc1)N1CC2OCCN(Cc3ccccc3)C2C1.I. The van der Waals surface area contributed by atoms with E-state index in [1.165, 1.54) is 5.56 Å². The summed E-state index contributed by atoms with van der Waals surface area (Å²) in [7, 11) is 1.76. The molecule has 2 saturated heterocycles. The van der Waals surface area contributed by atoms with Crippen LogP contribution in [0.4, 0.5) is 0 Å². The number of nitrogens with zero attached hydrogens (tertiary/aromatic N) is 3. The molecular formula is C24H32IN5O2. The van der Waals surface area contributed by atoms with Crippen molar-refractivity contribution >= 4 is 35.8 Å². The molecule has 1 amide bonds. The fraction of sp³-hybridized carbons (Fsp3) is 0.417. The van der Waals surface area contributed by atoms with E-state index in [0.717, 1.165) is 44.3 Å². The second-order valence-electron chi connectivity index (χ2n) is 8.00. The van der Waals surface area contributed by atoms with E-state index >= 15 is 0 Å². The minimum atomic E-state index is -0.0522. The largest absolute Gasteiger partial charge is 0.373 e. The molecule has 0 radical (unpaired) electrons. The van der Waals surface area contributed by atoms with Gasteiger partial charge in [0.15, 0.2) is 5.96 Å². The zero-order chi connectivity index (χ0) is 21.5. The normalized spacial score (nSPS) is 20.9. The summed E-state index contributed by atoms with van der Waals surface area (Å²) in [6.07, 6.45) is 0.155. The molecule has 7 nitrogen and oxygen atoms in total. The van der Waals surface area contributed by atoms with Crippen LogP contribution in [0.1, 0.15) is 11.1 Å². The van der Waals surface area contributed by atoms with Crippen molar-refractivity contribution in [1.29, 1.82) is 0 Å². The van der Waals surface area contributed by atoms with Crippen molar-refractivity contribution in [3.05, 3.63) is 71.8 Å². The Morgan fingerprint density at radius 2 is 1.72 bits per heavy atom. The molecule has 0 saturated carbocycles. The van der Waals surface area contributed by atoms with Crippen LogP contribution in [0.2, 0.25) is 0 Å². The first-order chi connectivity index (χ1) is 15.2. The number of guanidine groups is 1. The van der Waals surface area contributed by atoms with Crippen LogP contribution in [0.5, 0.6) is 0 Å². The van der Waals surface area contributed by atoms with E-state index in [0.29, 0.717) is 12.6 Å². The van der Waals surface area contributed by atoms with Gasteiger partial charge in [-0.1, -0.05) is 60.7 Å². The molecule has 4 rings (SSSR count). The molecule has 0 aromatic heterocycles. The topological polar surface area (TPSA) is 69.2 Å². The molecule has 0 spiro atoms. The minimum Gasteiger partial charge on any atom is -0.373 e. The highest BCUT2D eigenvalue weighted by molar-refractivity contribution is 14.0. The van der Waals surface area contributed by atoms with Gasteiger partial charge in [-0.25, -0.2) is 0 Å². The van der Waals surface area contributed by atoms with Gasteiger partial charge >= 0.3 is 0 Å². The molecule has 2 atom stereocenters. The number of amides is 1. The highest BCUT2D eigenvalue weighted by Crippen LogP contribution is 2.24. The average Bonchev–Trinajstić information content (AvgIpc) is 3.25. The first-order valence-corrected chi connectivity index (χ1v) is 10.9. The number of hydrogen-bond donors (Lipinski definition) is 2. The number of halogens is 1. The molecule has 2 heterocycles. The maximum Gasteiger partial charge on any atom is 0.239 e. The molecule has 2 fully saturated rings. The maximum absolute atomic E-state index is 12.3.